The first-order chi connectivity index (χ1) is 10.4. The van der Waals surface area contributed by atoms with Gasteiger partial charge in [0.2, 0.25) is 0 Å². The van der Waals surface area contributed by atoms with Gasteiger partial charge in [-0.1, -0.05) is 36.4 Å². The first-order valence-corrected chi connectivity index (χ1v) is 7.81. The Morgan fingerprint density at radius 2 is 1.57 bits per heavy atom. The van der Waals surface area contributed by atoms with Crippen LogP contribution in [0.2, 0.25) is 0 Å². The van der Waals surface area contributed by atoms with Crippen LogP contribution >= 0.6 is 0 Å². The van der Waals surface area contributed by atoms with Gasteiger partial charge >= 0.3 is 0 Å². The number of nitrogens with zero attached hydrogens (tertiary/aromatic N) is 3. The molecule has 2 aliphatic rings. The molecule has 3 heteroatoms. The van der Waals surface area contributed by atoms with E-state index in [0.29, 0.717) is 0 Å². The fourth-order valence-corrected chi connectivity index (χ4v) is 3.79. The second kappa shape index (κ2) is 5.49. The highest BCUT2D eigenvalue weighted by atomic mass is 15.3. The van der Waals surface area contributed by atoms with Crippen molar-refractivity contribution in [3.63, 3.8) is 0 Å². The third-order valence-corrected chi connectivity index (χ3v) is 4.78. The van der Waals surface area contributed by atoms with Crippen LogP contribution in [0, 0.1) is 11.8 Å². The monoisotopic (exact) mass is 279 g/mol. The van der Waals surface area contributed by atoms with E-state index in [1.807, 2.05) is 12.3 Å². The molecule has 0 radical (unpaired) electrons. The van der Waals surface area contributed by atoms with Gasteiger partial charge < -0.3 is 4.90 Å². The van der Waals surface area contributed by atoms with Crippen LogP contribution in [0.25, 0.3) is 0 Å². The molecule has 0 aliphatic carbocycles. The van der Waals surface area contributed by atoms with Gasteiger partial charge in [-0.25, -0.2) is 4.98 Å². The maximum absolute atomic E-state index is 4.49. The molecule has 2 saturated heterocycles. The van der Waals surface area contributed by atoms with E-state index in [0.717, 1.165) is 37.3 Å². The number of anilines is 1. The van der Waals surface area contributed by atoms with E-state index < -0.39 is 0 Å². The third kappa shape index (κ3) is 2.66. The highest BCUT2D eigenvalue weighted by molar-refractivity contribution is 5.39. The number of fused-ring (bicyclic) bond motifs is 1. The van der Waals surface area contributed by atoms with Gasteiger partial charge in [-0.15, -0.1) is 0 Å². The van der Waals surface area contributed by atoms with E-state index in [4.69, 9.17) is 0 Å². The van der Waals surface area contributed by atoms with Crippen LogP contribution in [0.4, 0.5) is 5.82 Å². The lowest BCUT2D eigenvalue weighted by molar-refractivity contribution is 0.309. The first-order valence-electron chi connectivity index (χ1n) is 7.81. The van der Waals surface area contributed by atoms with E-state index in [1.165, 1.54) is 18.7 Å². The molecule has 2 fully saturated rings. The van der Waals surface area contributed by atoms with Crippen LogP contribution in [0.3, 0.4) is 0 Å². The average molecular weight is 279 g/mol. The minimum Gasteiger partial charge on any atom is -0.356 e. The van der Waals surface area contributed by atoms with Gasteiger partial charge in [-0.2, -0.15) is 0 Å². The van der Waals surface area contributed by atoms with Gasteiger partial charge in [-0.05, 0) is 29.5 Å². The third-order valence-electron chi connectivity index (χ3n) is 4.78. The van der Waals surface area contributed by atoms with Gasteiger partial charge in [0.25, 0.3) is 0 Å². The molecule has 0 bridgehead atoms. The van der Waals surface area contributed by atoms with Crippen molar-refractivity contribution in [3.8, 4) is 0 Å². The summed E-state index contributed by atoms with van der Waals surface area (Å²) in [6.45, 7) is 5.86. The predicted octanol–water partition coefficient (Wildman–Crippen LogP) is 2.65. The fraction of sp³-hybridized carbons (Fsp3) is 0.389. The van der Waals surface area contributed by atoms with Crippen LogP contribution in [-0.2, 0) is 6.54 Å². The number of hydrogen-bond acceptors (Lipinski definition) is 3. The molecule has 2 aromatic rings. The van der Waals surface area contributed by atoms with Gasteiger partial charge in [-0.3, -0.25) is 4.90 Å². The zero-order valence-corrected chi connectivity index (χ0v) is 12.2. The number of aromatic nitrogens is 1. The summed E-state index contributed by atoms with van der Waals surface area (Å²) in [5.74, 6) is 2.74. The van der Waals surface area contributed by atoms with Crippen molar-refractivity contribution in [3.05, 3.63) is 60.3 Å². The molecule has 0 N–H and O–H groups in total. The number of benzene rings is 1. The lowest BCUT2D eigenvalue weighted by Crippen LogP contribution is -2.28. The van der Waals surface area contributed by atoms with E-state index in [-0.39, 0.29) is 0 Å². The molecule has 1 aromatic carbocycles. The first kappa shape index (κ1) is 12.8. The second-order valence-electron chi connectivity index (χ2n) is 6.29. The van der Waals surface area contributed by atoms with Crippen LogP contribution < -0.4 is 4.90 Å². The molecule has 2 aliphatic heterocycles. The van der Waals surface area contributed by atoms with Crippen molar-refractivity contribution >= 4 is 5.82 Å². The molecule has 0 amide bonds. The average Bonchev–Trinajstić information content (AvgIpc) is 3.07. The smallest absolute Gasteiger partial charge is 0.128 e. The molecule has 3 heterocycles. The Morgan fingerprint density at radius 1 is 0.857 bits per heavy atom. The van der Waals surface area contributed by atoms with Crippen LogP contribution in [0.5, 0.6) is 0 Å². The second-order valence-corrected chi connectivity index (χ2v) is 6.29. The maximum atomic E-state index is 4.49. The molecule has 21 heavy (non-hydrogen) atoms. The largest absolute Gasteiger partial charge is 0.356 e. The summed E-state index contributed by atoms with van der Waals surface area (Å²) in [6.07, 6.45) is 1.89. The van der Waals surface area contributed by atoms with Crippen molar-refractivity contribution in [1.29, 1.82) is 0 Å². The zero-order chi connectivity index (χ0) is 14.1. The molecular formula is C18H21N3. The zero-order valence-electron chi connectivity index (χ0n) is 12.2. The summed E-state index contributed by atoms with van der Waals surface area (Å²) < 4.78 is 0. The van der Waals surface area contributed by atoms with Gasteiger partial charge in [0, 0.05) is 38.9 Å². The molecule has 1 aromatic heterocycles. The molecule has 2 unspecified atom stereocenters. The van der Waals surface area contributed by atoms with Gasteiger partial charge in [0.05, 0.1) is 0 Å². The van der Waals surface area contributed by atoms with E-state index >= 15 is 0 Å². The van der Waals surface area contributed by atoms with E-state index in [9.17, 15) is 0 Å². The summed E-state index contributed by atoms with van der Waals surface area (Å²) >= 11 is 0. The predicted molar refractivity (Wildman–Crippen MR) is 85.1 cm³/mol. The lowest BCUT2D eigenvalue weighted by Gasteiger charge is -2.22. The molecular weight excluding hydrogens is 258 g/mol. The van der Waals surface area contributed by atoms with Crippen molar-refractivity contribution in [2.45, 2.75) is 6.54 Å². The van der Waals surface area contributed by atoms with Crippen molar-refractivity contribution in [1.82, 2.24) is 9.88 Å². The highest BCUT2D eigenvalue weighted by Gasteiger charge is 2.40. The quantitative estimate of drug-likeness (QED) is 0.861. The van der Waals surface area contributed by atoms with Gasteiger partial charge in [0.1, 0.15) is 5.82 Å². The van der Waals surface area contributed by atoms with Crippen molar-refractivity contribution in [2.75, 3.05) is 31.1 Å². The number of rotatable bonds is 3. The molecule has 0 spiro atoms. The standard InChI is InChI=1S/C18H21N3/c1-2-6-15(7-3-1)10-20-11-16-13-21(14-17(16)12-20)18-8-4-5-9-19-18/h1-9,16-17H,10-14H2. The Labute approximate surface area is 126 Å². The molecule has 3 nitrogen and oxygen atoms in total. The summed E-state index contributed by atoms with van der Waals surface area (Å²) in [6, 6.07) is 17.0. The Balaban J connectivity index is 1.37. The molecule has 0 saturated carbocycles. The number of likely N-dealkylation sites (tertiary alicyclic amines) is 1. The minimum absolute atomic E-state index is 0.802. The Hall–Kier alpha value is -1.87. The SMILES string of the molecule is c1ccc(CN2CC3CN(c4ccccn4)CC3C2)cc1. The van der Waals surface area contributed by atoms with E-state index in [2.05, 4.69) is 57.2 Å². The van der Waals surface area contributed by atoms with Gasteiger partial charge in [0.15, 0.2) is 0 Å². The van der Waals surface area contributed by atoms with Crippen molar-refractivity contribution < 1.29 is 0 Å². The van der Waals surface area contributed by atoms with Crippen LogP contribution in [-0.4, -0.2) is 36.1 Å². The summed E-state index contributed by atoms with van der Waals surface area (Å²) in [5.41, 5.74) is 1.43. The fourth-order valence-electron chi connectivity index (χ4n) is 3.79. The van der Waals surface area contributed by atoms with Crippen LogP contribution in [0.15, 0.2) is 54.7 Å². The minimum atomic E-state index is 0.802. The molecule has 2 atom stereocenters. The summed E-state index contributed by atoms with van der Waals surface area (Å²) in [5, 5.41) is 0. The molecule has 108 valence electrons. The topological polar surface area (TPSA) is 19.4 Å². The summed E-state index contributed by atoms with van der Waals surface area (Å²) in [4.78, 5) is 9.55. The Morgan fingerprint density at radius 3 is 2.24 bits per heavy atom. The number of pyridine rings is 1. The number of hydrogen-bond donors (Lipinski definition) is 0. The van der Waals surface area contributed by atoms with E-state index in [1.54, 1.807) is 0 Å². The Bertz CT molecular complexity index is 570. The normalized spacial score (nSPS) is 25.2. The highest BCUT2D eigenvalue weighted by Crippen LogP contribution is 2.33. The van der Waals surface area contributed by atoms with Crippen molar-refractivity contribution in [2.24, 2.45) is 11.8 Å². The Kier molecular flexibility index (Phi) is 3.36. The lowest BCUT2D eigenvalue weighted by atomic mass is 10.0. The maximum Gasteiger partial charge on any atom is 0.128 e. The molecule has 4 rings (SSSR count). The summed E-state index contributed by atoms with van der Waals surface area (Å²) in [7, 11) is 0. The van der Waals surface area contributed by atoms with Crippen LogP contribution in [0.1, 0.15) is 5.56 Å².